The van der Waals surface area contributed by atoms with E-state index in [0.717, 1.165) is 12.2 Å². The molecule has 0 amide bonds. The Morgan fingerprint density at radius 2 is 1.93 bits per heavy atom. The molecule has 0 unspecified atom stereocenters. The van der Waals surface area contributed by atoms with Crippen molar-refractivity contribution in [3.63, 3.8) is 0 Å². The molecule has 14 heavy (non-hydrogen) atoms. The fourth-order valence-electron chi connectivity index (χ4n) is 1.25. The number of benzene rings is 1. The Hall–Kier alpha value is -1.38. The molecule has 1 rings (SSSR count). The van der Waals surface area contributed by atoms with Gasteiger partial charge in [-0.25, -0.2) is 0 Å². The smallest absolute Gasteiger partial charge is 0.108 e. The molecule has 0 fully saturated rings. The molecule has 0 radical (unpaired) electrons. The number of nitrogens with zero attached hydrogens (tertiary/aromatic N) is 1. The maximum absolute atomic E-state index is 10.1. The number of hydrogen-bond acceptors (Lipinski definition) is 3. The summed E-state index contributed by atoms with van der Waals surface area (Å²) < 4.78 is 0. The van der Waals surface area contributed by atoms with Crippen molar-refractivity contribution in [2.75, 3.05) is 11.9 Å². The molecule has 3 heteroatoms. The minimum atomic E-state index is 0.476. The largest absolute Gasteiger partial charge is 0.385 e. The van der Waals surface area contributed by atoms with E-state index < -0.39 is 0 Å². The minimum absolute atomic E-state index is 0.476. The first-order valence-corrected chi connectivity index (χ1v) is 5.04. The molecular weight excluding hydrogens is 176 g/mol. The van der Waals surface area contributed by atoms with Gasteiger partial charge in [0.25, 0.3) is 0 Å². The Balaban J connectivity index is 2.32. The van der Waals surface area contributed by atoms with Crippen LogP contribution in [-0.4, -0.2) is 6.54 Å². The topological polar surface area (TPSA) is 41.5 Å². The summed E-state index contributed by atoms with van der Waals surface area (Å²) in [5, 5.41) is 6.13. The molecule has 1 aromatic rings. The molecule has 0 aliphatic rings. The Labute approximate surface area is 84.5 Å². The zero-order chi connectivity index (χ0) is 10.2. The standard InChI is InChI=1S/C11H16N2O/c1-2-3-4-9-12-10-5-7-11(13-14)8-6-10/h5-8,12H,2-4,9H2,1H3. The van der Waals surface area contributed by atoms with Gasteiger partial charge in [-0.15, -0.1) is 4.91 Å². The zero-order valence-electron chi connectivity index (χ0n) is 8.49. The highest BCUT2D eigenvalue weighted by Crippen LogP contribution is 2.15. The van der Waals surface area contributed by atoms with Crippen LogP contribution in [0.5, 0.6) is 0 Å². The van der Waals surface area contributed by atoms with Gasteiger partial charge in [-0.3, -0.25) is 0 Å². The molecule has 0 saturated heterocycles. The van der Waals surface area contributed by atoms with Crippen LogP contribution in [0.3, 0.4) is 0 Å². The molecule has 1 N–H and O–H groups in total. The van der Waals surface area contributed by atoms with Crippen molar-refractivity contribution in [2.24, 2.45) is 5.18 Å². The lowest BCUT2D eigenvalue weighted by molar-refractivity contribution is 0.744. The monoisotopic (exact) mass is 192 g/mol. The van der Waals surface area contributed by atoms with Crippen molar-refractivity contribution < 1.29 is 0 Å². The van der Waals surface area contributed by atoms with Gasteiger partial charge >= 0.3 is 0 Å². The molecule has 0 atom stereocenters. The second-order valence-corrected chi connectivity index (χ2v) is 3.27. The van der Waals surface area contributed by atoms with Crippen LogP contribution in [0.25, 0.3) is 0 Å². The summed E-state index contributed by atoms with van der Waals surface area (Å²) in [6.45, 7) is 3.17. The molecule has 1 aromatic carbocycles. The first-order chi connectivity index (χ1) is 6.86. The van der Waals surface area contributed by atoms with E-state index in [0.29, 0.717) is 5.69 Å². The molecule has 0 bridgehead atoms. The maximum atomic E-state index is 10.1. The van der Waals surface area contributed by atoms with E-state index in [4.69, 9.17) is 0 Å². The second kappa shape index (κ2) is 6.13. The highest BCUT2D eigenvalue weighted by Gasteiger charge is 1.92. The third-order valence-corrected chi connectivity index (χ3v) is 2.08. The fraction of sp³-hybridized carbons (Fsp3) is 0.455. The summed E-state index contributed by atoms with van der Waals surface area (Å²) in [5.74, 6) is 0. The fourth-order valence-corrected chi connectivity index (χ4v) is 1.25. The van der Waals surface area contributed by atoms with E-state index in [2.05, 4.69) is 17.4 Å². The lowest BCUT2D eigenvalue weighted by Crippen LogP contribution is -2.00. The van der Waals surface area contributed by atoms with E-state index in [1.54, 1.807) is 12.1 Å². The van der Waals surface area contributed by atoms with Gasteiger partial charge in [0.1, 0.15) is 5.69 Å². The third-order valence-electron chi connectivity index (χ3n) is 2.08. The van der Waals surface area contributed by atoms with Crippen LogP contribution in [0.15, 0.2) is 29.4 Å². The van der Waals surface area contributed by atoms with E-state index in [1.807, 2.05) is 12.1 Å². The first-order valence-electron chi connectivity index (χ1n) is 5.04. The average molecular weight is 192 g/mol. The first kappa shape index (κ1) is 10.7. The van der Waals surface area contributed by atoms with Crippen molar-refractivity contribution >= 4 is 11.4 Å². The van der Waals surface area contributed by atoms with Gasteiger partial charge in [-0.2, -0.15) is 0 Å². The average Bonchev–Trinajstić information content (AvgIpc) is 2.25. The van der Waals surface area contributed by atoms with Gasteiger partial charge < -0.3 is 5.32 Å². The number of rotatable bonds is 6. The SMILES string of the molecule is CCCCCNc1ccc(N=O)cc1. The van der Waals surface area contributed by atoms with Gasteiger partial charge in [-0.05, 0) is 35.9 Å². The molecule has 3 nitrogen and oxygen atoms in total. The molecule has 0 spiro atoms. The summed E-state index contributed by atoms with van der Waals surface area (Å²) >= 11 is 0. The Bertz CT molecular complexity index is 269. The number of hydrogen-bond donors (Lipinski definition) is 1. The predicted octanol–water partition coefficient (Wildman–Crippen LogP) is 3.69. The lowest BCUT2D eigenvalue weighted by atomic mass is 10.2. The molecular formula is C11H16N2O. The van der Waals surface area contributed by atoms with Crippen LogP contribution in [0.1, 0.15) is 26.2 Å². The quantitative estimate of drug-likeness (QED) is 0.551. The molecule has 76 valence electrons. The molecule has 0 aliphatic heterocycles. The molecule has 0 aromatic heterocycles. The van der Waals surface area contributed by atoms with Crippen LogP contribution >= 0.6 is 0 Å². The summed E-state index contributed by atoms with van der Waals surface area (Å²) in [6, 6.07) is 7.19. The summed E-state index contributed by atoms with van der Waals surface area (Å²) in [7, 11) is 0. The zero-order valence-corrected chi connectivity index (χ0v) is 8.49. The minimum Gasteiger partial charge on any atom is -0.385 e. The van der Waals surface area contributed by atoms with Crippen LogP contribution in [0.2, 0.25) is 0 Å². The Morgan fingerprint density at radius 3 is 2.50 bits per heavy atom. The molecule has 0 heterocycles. The van der Waals surface area contributed by atoms with Crippen LogP contribution in [-0.2, 0) is 0 Å². The predicted molar refractivity (Wildman–Crippen MR) is 59.9 cm³/mol. The van der Waals surface area contributed by atoms with Crippen molar-refractivity contribution in [1.29, 1.82) is 0 Å². The van der Waals surface area contributed by atoms with Crippen molar-refractivity contribution in [1.82, 2.24) is 0 Å². The highest BCUT2D eigenvalue weighted by atomic mass is 16.3. The number of anilines is 1. The Kier molecular flexibility index (Phi) is 4.69. The second-order valence-electron chi connectivity index (χ2n) is 3.27. The van der Waals surface area contributed by atoms with Gasteiger partial charge in [-0.1, -0.05) is 19.8 Å². The highest BCUT2D eigenvalue weighted by molar-refractivity contribution is 5.50. The maximum Gasteiger partial charge on any atom is 0.108 e. The van der Waals surface area contributed by atoms with Gasteiger partial charge in [0.2, 0.25) is 0 Å². The Morgan fingerprint density at radius 1 is 1.21 bits per heavy atom. The van der Waals surface area contributed by atoms with E-state index in [9.17, 15) is 4.91 Å². The molecule has 0 saturated carbocycles. The number of nitrogens with one attached hydrogen (secondary N) is 1. The van der Waals surface area contributed by atoms with Crippen LogP contribution < -0.4 is 5.32 Å². The van der Waals surface area contributed by atoms with Gasteiger partial charge in [0.05, 0.1) is 0 Å². The molecule has 0 aliphatic carbocycles. The van der Waals surface area contributed by atoms with Crippen molar-refractivity contribution in [3.05, 3.63) is 29.2 Å². The number of unbranched alkanes of at least 4 members (excludes halogenated alkanes) is 2. The number of nitroso groups, excluding NO2 is 1. The van der Waals surface area contributed by atoms with Gasteiger partial charge in [0.15, 0.2) is 0 Å². The van der Waals surface area contributed by atoms with Crippen molar-refractivity contribution in [3.8, 4) is 0 Å². The third kappa shape index (κ3) is 3.56. The van der Waals surface area contributed by atoms with Crippen molar-refractivity contribution in [2.45, 2.75) is 26.2 Å². The van der Waals surface area contributed by atoms with Crippen LogP contribution in [0, 0.1) is 4.91 Å². The summed E-state index contributed by atoms with van der Waals surface area (Å²) in [4.78, 5) is 10.1. The van der Waals surface area contributed by atoms with E-state index >= 15 is 0 Å². The van der Waals surface area contributed by atoms with E-state index in [1.165, 1.54) is 19.3 Å². The van der Waals surface area contributed by atoms with Crippen LogP contribution in [0.4, 0.5) is 11.4 Å². The summed E-state index contributed by atoms with van der Waals surface area (Å²) in [6.07, 6.45) is 3.67. The normalized spacial score (nSPS) is 9.79. The lowest BCUT2D eigenvalue weighted by Gasteiger charge is -2.04. The summed E-state index contributed by atoms with van der Waals surface area (Å²) in [5.41, 5.74) is 1.53. The van der Waals surface area contributed by atoms with E-state index in [-0.39, 0.29) is 0 Å². The van der Waals surface area contributed by atoms with Gasteiger partial charge in [0, 0.05) is 12.2 Å².